The zero-order valence-corrected chi connectivity index (χ0v) is 15.6. The molecule has 0 saturated carbocycles. The van der Waals surface area contributed by atoms with E-state index in [0.717, 1.165) is 0 Å². The summed E-state index contributed by atoms with van der Waals surface area (Å²) in [5, 5.41) is 18.6. The van der Waals surface area contributed by atoms with Crippen LogP contribution in [0.25, 0.3) is 0 Å². The maximum atomic E-state index is 11.7. The molecule has 1 aromatic carbocycles. The highest BCUT2D eigenvalue weighted by Gasteiger charge is 2.35. The Morgan fingerprint density at radius 1 is 1.25 bits per heavy atom. The molecule has 0 heterocycles. The fraction of sp³-hybridized carbons (Fsp3) is 0.333. The Morgan fingerprint density at radius 2 is 1.79 bits per heavy atom. The van der Waals surface area contributed by atoms with Crippen LogP contribution in [0, 0.1) is 10.1 Å². The highest BCUT2D eigenvalue weighted by Crippen LogP contribution is 2.29. The van der Waals surface area contributed by atoms with E-state index in [-0.39, 0.29) is 10.8 Å². The minimum absolute atomic E-state index is 0.0548. The van der Waals surface area contributed by atoms with Crippen molar-refractivity contribution in [1.82, 2.24) is 15.5 Å². The minimum atomic E-state index is -1.87. The van der Waals surface area contributed by atoms with Gasteiger partial charge in [-0.15, -0.1) is 0 Å². The van der Waals surface area contributed by atoms with Gasteiger partial charge in [-0.2, -0.15) is 0 Å². The monoisotopic (exact) mass is 413 g/mol. The molecular weight excluding hydrogens is 401 g/mol. The smallest absolute Gasteiger partial charge is 0.318 e. The number of rotatable bonds is 4. The van der Waals surface area contributed by atoms with Crippen LogP contribution in [-0.4, -0.2) is 45.0 Å². The first-order valence-corrected chi connectivity index (χ1v) is 7.91. The van der Waals surface area contributed by atoms with Crippen LogP contribution in [0.1, 0.15) is 0 Å². The highest BCUT2D eigenvalue weighted by molar-refractivity contribution is 7.80. The number of nitrogens with one attached hydrogen (secondary N) is 3. The van der Waals surface area contributed by atoms with Crippen LogP contribution in [-0.2, 0) is 0 Å². The number of halogens is 3. The van der Waals surface area contributed by atoms with E-state index in [0.29, 0.717) is 5.69 Å². The molecule has 2 amide bonds. The second kappa shape index (κ2) is 8.52. The number of nitro groups is 1. The summed E-state index contributed by atoms with van der Waals surface area (Å²) < 4.78 is -1.87. The number of nitro benzene ring substituents is 1. The Hall–Kier alpha value is -1.55. The summed E-state index contributed by atoms with van der Waals surface area (Å²) in [5.74, 6) is 0. The molecule has 0 aliphatic heterocycles. The zero-order chi connectivity index (χ0) is 18.5. The van der Waals surface area contributed by atoms with Gasteiger partial charge in [-0.1, -0.05) is 34.8 Å². The first-order chi connectivity index (χ1) is 11.0. The molecule has 0 aliphatic rings. The lowest BCUT2D eigenvalue weighted by atomic mass is 10.3. The number of alkyl halides is 3. The van der Waals surface area contributed by atoms with Crippen molar-refractivity contribution in [2.24, 2.45) is 0 Å². The Bertz CT molecular complexity index is 621. The molecular formula is C12H14Cl3N5O3S. The number of amides is 2. The van der Waals surface area contributed by atoms with Gasteiger partial charge in [0.15, 0.2) is 11.3 Å². The Labute approximate surface area is 158 Å². The number of carbonyl (C=O) groups is 1. The molecule has 0 saturated heterocycles. The molecule has 8 nitrogen and oxygen atoms in total. The Balaban J connectivity index is 2.74. The molecule has 12 heteroatoms. The summed E-state index contributed by atoms with van der Waals surface area (Å²) in [7, 11) is 3.05. The van der Waals surface area contributed by atoms with Crippen LogP contribution < -0.4 is 16.0 Å². The summed E-state index contributed by atoms with van der Waals surface area (Å²) in [6.45, 7) is 0. The first-order valence-electron chi connectivity index (χ1n) is 6.37. The summed E-state index contributed by atoms with van der Waals surface area (Å²) in [6.07, 6.45) is -1.10. The molecule has 132 valence electrons. The zero-order valence-electron chi connectivity index (χ0n) is 12.5. The van der Waals surface area contributed by atoms with E-state index in [1.807, 2.05) is 0 Å². The van der Waals surface area contributed by atoms with Crippen molar-refractivity contribution in [3.8, 4) is 0 Å². The third-order valence-electron chi connectivity index (χ3n) is 2.61. The van der Waals surface area contributed by atoms with Gasteiger partial charge >= 0.3 is 6.03 Å². The van der Waals surface area contributed by atoms with E-state index in [4.69, 9.17) is 47.0 Å². The maximum Gasteiger partial charge on any atom is 0.318 e. The number of anilines is 1. The van der Waals surface area contributed by atoms with Gasteiger partial charge in [-0.25, -0.2) is 4.79 Å². The molecule has 3 N–H and O–H groups in total. The van der Waals surface area contributed by atoms with Crippen LogP contribution in [0.2, 0.25) is 0 Å². The fourth-order valence-electron chi connectivity index (χ4n) is 1.42. The van der Waals surface area contributed by atoms with Crippen molar-refractivity contribution in [3.05, 3.63) is 34.4 Å². The van der Waals surface area contributed by atoms with Gasteiger partial charge in [0.1, 0.15) is 0 Å². The molecule has 0 aliphatic carbocycles. The van der Waals surface area contributed by atoms with Crippen LogP contribution in [0.3, 0.4) is 0 Å². The lowest BCUT2D eigenvalue weighted by Gasteiger charge is -2.28. The van der Waals surface area contributed by atoms with Crippen LogP contribution >= 0.6 is 47.0 Å². The van der Waals surface area contributed by atoms with Crippen LogP contribution in [0.5, 0.6) is 0 Å². The molecule has 0 radical (unpaired) electrons. The van der Waals surface area contributed by atoms with E-state index in [9.17, 15) is 14.9 Å². The van der Waals surface area contributed by atoms with Crippen molar-refractivity contribution in [2.45, 2.75) is 9.96 Å². The number of hydrogen-bond donors (Lipinski definition) is 3. The Morgan fingerprint density at radius 3 is 2.21 bits per heavy atom. The largest absolute Gasteiger partial charge is 0.339 e. The number of nitrogens with zero attached hydrogens (tertiary/aromatic N) is 2. The summed E-state index contributed by atoms with van der Waals surface area (Å²) in [5.41, 5.74) is 0.428. The van der Waals surface area contributed by atoms with Gasteiger partial charge in [0.2, 0.25) is 3.79 Å². The standard InChI is InChI=1S/C12H14Cl3N5O3S/c1-19(2)11(21)18-9(12(13,14)15)17-10(24)16-7-3-5-8(6-4-7)20(22)23/h3-6,9H,1-2H3,(H,18,21)(H2,16,17,24)/t9-/m1/s1. The minimum Gasteiger partial charge on any atom is -0.339 e. The van der Waals surface area contributed by atoms with Crippen molar-refractivity contribution in [3.63, 3.8) is 0 Å². The average molecular weight is 415 g/mol. The molecule has 1 atom stereocenters. The highest BCUT2D eigenvalue weighted by atomic mass is 35.6. The van der Waals surface area contributed by atoms with Crippen molar-refractivity contribution in [1.29, 1.82) is 0 Å². The molecule has 1 aromatic rings. The van der Waals surface area contributed by atoms with Gasteiger partial charge < -0.3 is 20.9 Å². The SMILES string of the molecule is CN(C)C(=O)N[C@@H](NC(=S)Nc1ccc([N+](=O)[O-])cc1)C(Cl)(Cl)Cl. The third-order valence-corrected chi connectivity index (χ3v) is 3.49. The van der Waals surface area contributed by atoms with E-state index in [2.05, 4.69) is 16.0 Å². The van der Waals surface area contributed by atoms with Gasteiger partial charge in [-0.3, -0.25) is 10.1 Å². The van der Waals surface area contributed by atoms with Gasteiger partial charge in [-0.05, 0) is 24.4 Å². The number of urea groups is 1. The summed E-state index contributed by atoms with van der Waals surface area (Å²) >= 11 is 22.6. The molecule has 24 heavy (non-hydrogen) atoms. The fourth-order valence-corrected chi connectivity index (χ4v) is 1.98. The topological polar surface area (TPSA) is 99.5 Å². The van der Waals surface area contributed by atoms with Crippen molar-refractivity contribution < 1.29 is 9.72 Å². The number of carbonyl (C=O) groups excluding carboxylic acids is 1. The van der Waals surface area contributed by atoms with Crippen LogP contribution in [0.15, 0.2) is 24.3 Å². The number of benzene rings is 1. The number of thiocarbonyl (C=S) groups is 1. The quantitative estimate of drug-likeness (QED) is 0.230. The second-order valence-electron chi connectivity index (χ2n) is 4.72. The lowest BCUT2D eigenvalue weighted by molar-refractivity contribution is -0.384. The first kappa shape index (κ1) is 20.5. The Kier molecular flexibility index (Phi) is 7.27. The number of hydrogen-bond acceptors (Lipinski definition) is 4. The second-order valence-corrected chi connectivity index (χ2v) is 7.50. The normalized spacial score (nSPS) is 12.0. The van der Waals surface area contributed by atoms with Gasteiger partial charge in [0.05, 0.1) is 4.92 Å². The van der Waals surface area contributed by atoms with Crippen molar-refractivity contribution >= 4 is 69.5 Å². The predicted octanol–water partition coefficient (Wildman–Crippen LogP) is 2.85. The molecule has 0 unspecified atom stereocenters. The van der Waals surface area contributed by atoms with Crippen molar-refractivity contribution in [2.75, 3.05) is 19.4 Å². The summed E-state index contributed by atoms with van der Waals surface area (Å²) in [6, 6.07) is 5.07. The molecule has 0 spiro atoms. The van der Waals surface area contributed by atoms with E-state index >= 15 is 0 Å². The maximum absolute atomic E-state index is 11.7. The molecule has 0 aromatic heterocycles. The van der Waals surface area contributed by atoms with E-state index in [1.165, 1.54) is 43.3 Å². The summed E-state index contributed by atoms with van der Waals surface area (Å²) in [4.78, 5) is 23.1. The van der Waals surface area contributed by atoms with Gasteiger partial charge in [0, 0.05) is 31.9 Å². The van der Waals surface area contributed by atoms with Gasteiger partial charge in [0.25, 0.3) is 5.69 Å². The molecule has 0 fully saturated rings. The molecule has 1 rings (SSSR count). The predicted molar refractivity (Wildman–Crippen MR) is 98.7 cm³/mol. The number of non-ortho nitro benzene ring substituents is 1. The third kappa shape index (κ3) is 6.52. The lowest BCUT2D eigenvalue weighted by Crippen LogP contribution is -2.57. The average Bonchev–Trinajstić information content (AvgIpc) is 2.45. The van der Waals surface area contributed by atoms with E-state index < -0.39 is 20.9 Å². The molecule has 0 bridgehead atoms. The van der Waals surface area contributed by atoms with Crippen LogP contribution in [0.4, 0.5) is 16.2 Å². The van der Waals surface area contributed by atoms with E-state index in [1.54, 1.807) is 0 Å².